The lowest BCUT2D eigenvalue weighted by Crippen LogP contribution is -2.44. The van der Waals surface area contributed by atoms with E-state index in [1.54, 1.807) is 7.05 Å². The van der Waals surface area contributed by atoms with Gasteiger partial charge < -0.3 is 20.7 Å². The predicted molar refractivity (Wildman–Crippen MR) is 83.0 cm³/mol. The first kappa shape index (κ1) is 17.0. The molecule has 1 rings (SSSR count). The molecule has 0 aromatic carbocycles. The summed E-state index contributed by atoms with van der Waals surface area (Å²) in [4.78, 5) is 11.1. The molecule has 1 fully saturated rings. The molecule has 0 aromatic rings. The fourth-order valence-electron chi connectivity index (χ4n) is 2.94. The molecule has 0 amide bonds. The highest BCUT2D eigenvalue weighted by molar-refractivity contribution is 5.79. The third-order valence-corrected chi connectivity index (χ3v) is 4.08. The number of unbranched alkanes of at least 4 members (excludes halogenated alkanes) is 1. The maximum Gasteiger partial charge on any atom is 0.188 e. The number of hydrogen-bond acceptors (Lipinski definition) is 3. The van der Waals surface area contributed by atoms with Crippen LogP contribution in [0.15, 0.2) is 0 Å². The van der Waals surface area contributed by atoms with Crippen LogP contribution in [0.5, 0.6) is 0 Å². The first-order valence-electron chi connectivity index (χ1n) is 7.91. The second-order valence-corrected chi connectivity index (χ2v) is 5.78. The number of guanidine groups is 1. The van der Waals surface area contributed by atoms with Crippen LogP contribution < -0.4 is 16.0 Å². The zero-order chi connectivity index (χ0) is 14.8. The molecule has 1 saturated carbocycles. The fraction of sp³-hybridized carbons (Fsp3) is 0.867. The Bertz CT molecular complexity index is 296. The molecule has 4 N–H and O–H groups in total. The summed E-state index contributed by atoms with van der Waals surface area (Å²) < 4.78 is 0. The minimum absolute atomic E-state index is 0.218. The maximum atomic E-state index is 11.1. The van der Waals surface area contributed by atoms with Crippen molar-refractivity contribution in [1.29, 1.82) is 5.41 Å². The molecule has 0 unspecified atom stereocenters. The van der Waals surface area contributed by atoms with Gasteiger partial charge in [0.25, 0.3) is 0 Å². The van der Waals surface area contributed by atoms with Crippen molar-refractivity contribution in [2.45, 2.75) is 64.0 Å². The Balaban J connectivity index is 2.33. The molecule has 116 valence electrons. The molecule has 3 atom stereocenters. The summed E-state index contributed by atoms with van der Waals surface area (Å²) in [5.41, 5.74) is 0. The molecule has 0 aliphatic heterocycles. The summed E-state index contributed by atoms with van der Waals surface area (Å²) in [6.07, 6.45) is 9.08. The molecule has 0 bridgehead atoms. The zero-order valence-corrected chi connectivity index (χ0v) is 12.9. The third-order valence-electron chi connectivity index (χ3n) is 4.08. The van der Waals surface area contributed by atoms with Crippen molar-refractivity contribution in [3.63, 3.8) is 0 Å². The van der Waals surface area contributed by atoms with E-state index in [9.17, 15) is 4.79 Å². The van der Waals surface area contributed by atoms with Crippen LogP contribution in [0.2, 0.25) is 0 Å². The van der Waals surface area contributed by atoms with Crippen molar-refractivity contribution in [2.75, 3.05) is 13.6 Å². The summed E-state index contributed by atoms with van der Waals surface area (Å²) in [6, 6.07) is 0.366. The average Bonchev–Trinajstić information content (AvgIpc) is 2.47. The molecule has 5 heteroatoms. The van der Waals surface area contributed by atoms with E-state index in [0.29, 0.717) is 12.0 Å². The van der Waals surface area contributed by atoms with Crippen molar-refractivity contribution in [1.82, 2.24) is 16.0 Å². The number of carbonyl (C=O) groups is 1. The van der Waals surface area contributed by atoms with Gasteiger partial charge in [-0.15, -0.1) is 0 Å². The van der Waals surface area contributed by atoms with Gasteiger partial charge in [0.05, 0.1) is 6.04 Å². The van der Waals surface area contributed by atoms with Crippen LogP contribution in [0, 0.1) is 11.3 Å². The Labute approximate surface area is 122 Å². The Morgan fingerprint density at radius 1 is 1.45 bits per heavy atom. The monoisotopic (exact) mass is 282 g/mol. The first-order valence-corrected chi connectivity index (χ1v) is 7.91. The van der Waals surface area contributed by atoms with E-state index in [4.69, 9.17) is 5.41 Å². The van der Waals surface area contributed by atoms with Crippen molar-refractivity contribution < 1.29 is 4.79 Å². The first-order chi connectivity index (χ1) is 9.69. The molecule has 20 heavy (non-hydrogen) atoms. The van der Waals surface area contributed by atoms with Gasteiger partial charge in [-0.3, -0.25) is 5.41 Å². The number of aldehydes is 1. The zero-order valence-electron chi connectivity index (χ0n) is 12.9. The molecular formula is C15H30N4O. The van der Waals surface area contributed by atoms with Gasteiger partial charge in [-0.2, -0.15) is 0 Å². The minimum Gasteiger partial charge on any atom is -0.360 e. The Hall–Kier alpha value is -1.10. The second kappa shape index (κ2) is 9.75. The highest BCUT2D eigenvalue weighted by Crippen LogP contribution is 2.27. The van der Waals surface area contributed by atoms with Crippen LogP contribution in [0.25, 0.3) is 0 Å². The Morgan fingerprint density at radius 3 is 2.90 bits per heavy atom. The highest BCUT2D eigenvalue weighted by atomic mass is 16.1. The largest absolute Gasteiger partial charge is 0.360 e. The molecule has 0 saturated heterocycles. The van der Waals surface area contributed by atoms with Gasteiger partial charge in [0.2, 0.25) is 0 Å². The quantitative estimate of drug-likeness (QED) is 0.236. The molecule has 1 aliphatic carbocycles. The average molecular weight is 282 g/mol. The SMILES string of the molecule is CCCCN[C@@H]1CCC[C@@H](C[C@H](C=O)NC(=N)NC)C1. The van der Waals surface area contributed by atoms with Gasteiger partial charge in [0.1, 0.15) is 6.29 Å². The summed E-state index contributed by atoms with van der Waals surface area (Å²) in [7, 11) is 1.69. The molecule has 5 nitrogen and oxygen atoms in total. The summed E-state index contributed by atoms with van der Waals surface area (Å²) >= 11 is 0. The van der Waals surface area contributed by atoms with Crippen LogP contribution >= 0.6 is 0 Å². The van der Waals surface area contributed by atoms with Crippen molar-refractivity contribution in [2.24, 2.45) is 5.92 Å². The molecule has 0 radical (unpaired) electrons. The summed E-state index contributed by atoms with van der Waals surface area (Å²) in [5.74, 6) is 0.797. The lowest BCUT2D eigenvalue weighted by molar-refractivity contribution is -0.109. The smallest absolute Gasteiger partial charge is 0.188 e. The van der Waals surface area contributed by atoms with Crippen LogP contribution in [0.4, 0.5) is 0 Å². The van der Waals surface area contributed by atoms with E-state index in [2.05, 4.69) is 22.9 Å². The van der Waals surface area contributed by atoms with Crippen LogP contribution in [-0.2, 0) is 4.79 Å². The van der Waals surface area contributed by atoms with Gasteiger partial charge in [0, 0.05) is 13.1 Å². The summed E-state index contributed by atoms with van der Waals surface area (Å²) in [6.45, 7) is 3.32. The van der Waals surface area contributed by atoms with E-state index >= 15 is 0 Å². The minimum atomic E-state index is -0.241. The van der Waals surface area contributed by atoms with Crippen molar-refractivity contribution in [3.8, 4) is 0 Å². The number of rotatable bonds is 8. The van der Waals surface area contributed by atoms with Gasteiger partial charge >= 0.3 is 0 Å². The van der Waals surface area contributed by atoms with Gasteiger partial charge in [-0.1, -0.05) is 26.2 Å². The number of nitrogens with one attached hydrogen (secondary N) is 4. The van der Waals surface area contributed by atoms with Crippen LogP contribution in [0.3, 0.4) is 0 Å². The summed E-state index contributed by atoms with van der Waals surface area (Å²) in [5, 5.41) is 16.8. The topological polar surface area (TPSA) is 77.0 Å². The number of hydrogen-bond donors (Lipinski definition) is 4. The molecule has 0 aromatic heterocycles. The van der Waals surface area contributed by atoms with E-state index in [0.717, 1.165) is 25.7 Å². The van der Waals surface area contributed by atoms with Crippen LogP contribution in [0.1, 0.15) is 51.9 Å². The van der Waals surface area contributed by atoms with Crippen molar-refractivity contribution >= 4 is 12.2 Å². The molecule has 0 spiro atoms. The lowest BCUT2D eigenvalue weighted by atomic mass is 9.82. The van der Waals surface area contributed by atoms with Gasteiger partial charge in [-0.25, -0.2) is 0 Å². The predicted octanol–water partition coefficient (Wildman–Crippen LogP) is 1.64. The van der Waals surface area contributed by atoms with E-state index < -0.39 is 0 Å². The molecule has 1 aliphatic rings. The second-order valence-electron chi connectivity index (χ2n) is 5.78. The highest BCUT2D eigenvalue weighted by Gasteiger charge is 2.24. The Morgan fingerprint density at radius 2 is 2.25 bits per heavy atom. The van der Waals surface area contributed by atoms with E-state index in [-0.39, 0.29) is 12.0 Å². The number of carbonyl (C=O) groups excluding carboxylic acids is 1. The molecule has 0 heterocycles. The van der Waals surface area contributed by atoms with Gasteiger partial charge in [-0.05, 0) is 38.1 Å². The standard InChI is InChI=1S/C15H30N4O/c1-3-4-8-18-13-7-5-6-12(9-13)10-14(11-20)19-15(16)17-2/h11-14,18H,3-10H2,1-2H3,(H3,16,17,19)/t12-,13-,14-/m1/s1. The van der Waals surface area contributed by atoms with E-state index in [1.807, 2.05) is 0 Å². The normalized spacial score (nSPS) is 23.9. The van der Waals surface area contributed by atoms with Crippen molar-refractivity contribution in [3.05, 3.63) is 0 Å². The van der Waals surface area contributed by atoms with E-state index in [1.165, 1.54) is 32.1 Å². The molecular weight excluding hydrogens is 252 g/mol. The van der Waals surface area contributed by atoms with Crippen LogP contribution in [-0.4, -0.2) is 37.9 Å². The maximum absolute atomic E-state index is 11.1. The lowest BCUT2D eigenvalue weighted by Gasteiger charge is -2.31. The third kappa shape index (κ3) is 6.37. The van der Waals surface area contributed by atoms with Gasteiger partial charge in [0.15, 0.2) is 5.96 Å². The Kier molecular flexibility index (Phi) is 8.26. The fourth-order valence-corrected chi connectivity index (χ4v) is 2.94.